The fourth-order valence-corrected chi connectivity index (χ4v) is 6.10. The average molecular weight is 453 g/mol. The lowest BCUT2D eigenvalue weighted by molar-refractivity contribution is -0.112. The van der Waals surface area contributed by atoms with E-state index < -0.39 is 0 Å². The van der Waals surface area contributed by atoms with Gasteiger partial charge in [-0.05, 0) is 54.9 Å². The van der Waals surface area contributed by atoms with Crippen molar-refractivity contribution < 1.29 is 9.59 Å². The van der Waals surface area contributed by atoms with Gasteiger partial charge in [0.15, 0.2) is 0 Å². The largest absolute Gasteiger partial charge is 0.352 e. The zero-order chi connectivity index (χ0) is 21.5. The summed E-state index contributed by atoms with van der Waals surface area (Å²) in [5.41, 5.74) is 2.26. The van der Waals surface area contributed by atoms with Crippen molar-refractivity contribution in [3.05, 3.63) is 64.6 Å². The van der Waals surface area contributed by atoms with E-state index in [9.17, 15) is 9.59 Å². The lowest BCUT2D eigenvalue weighted by Crippen LogP contribution is -2.25. The van der Waals surface area contributed by atoms with Gasteiger partial charge >= 0.3 is 0 Å². The number of carbonyl (C=O) groups excluding carboxylic acids is 2. The summed E-state index contributed by atoms with van der Waals surface area (Å²) in [7, 11) is 0. The van der Waals surface area contributed by atoms with E-state index in [1.807, 2.05) is 48.5 Å². The first-order valence-electron chi connectivity index (χ1n) is 11.0. The van der Waals surface area contributed by atoms with E-state index in [4.69, 9.17) is 0 Å². The summed E-state index contributed by atoms with van der Waals surface area (Å²) in [6, 6.07) is 15.3. The van der Waals surface area contributed by atoms with E-state index in [1.165, 1.54) is 43.9 Å². The average Bonchev–Trinajstić information content (AvgIpc) is 2.80. The van der Waals surface area contributed by atoms with Crippen molar-refractivity contribution in [1.29, 1.82) is 0 Å². The molecule has 1 aliphatic carbocycles. The molecule has 4 nitrogen and oxygen atoms in total. The fraction of sp³-hybridized carbons (Fsp3) is 0.360. The standard InChI is InChI=1S/C25H28N2O2S2/c28-24(26-14-7-15-30-20-10-5-2-6-11-20)19-12-13-22-21(17-19)27-25(29)23(31-22)16-18-8-3-1-4-9-18/h1,3-4,8-9,12-13,16-17,20H,2,5-7,10-11,14-15H2,(H,26,28)(H,27,29). The van der Waals surface area contributed by atoms with Crippen molar-refractivity contribution in [3.63, 3.8) is 0 Å². The van der Waals surface area contributed by atoms with Crippen LogP contribution in [0.25, 0.3) is 6.08 Å². The summed E-state index contributed by atoms with van der Waals surface area (Å²) >= 11 is 3.49. The molecule has 4 rings (SSSR count). The molecule has 1 heterocycles. The Labute approximate surface area is 192 Å². The van der Waals surface area contributed by atoms with Crippen molar-refractivity contribution in [2.45, 2.75) is 48.7 Å². The summed E-state index contributed by atoms with van der Waals surface area (Å²) in [5, 5.41) is 6.75. The Bertz CT molecular complexity index is 953. The first-order valence-corrected chi connectivity index (χ1v) is 12.9. The van der Waals surface area contributed by atoms with Crippen molar-refractivity contribution in [2.24, 2.45) is 0 Å². The Hall–Kier alpha value is -2.18. The van der Waals surface area contributed by atoms with Gasteiger partial charge in [-0.2, -0.15) is 11.8 Å². The molecule has 162 valence electrons. The van der Waals surface area contributed by atoms with E-state index in [0.29, 0.717) is 22.7 Å². The van der Waals surface area contributed by atoms with E-state index in [-0.39, 0.29) is 11.8 Å². The maximum absolute atomic E-state index is 12.5. The van der Waals surface area contributed by atoms with Gasteiger partial charge in [0.25, 0.3) is 11.8 Å². The number of thioether (sulfide) groups is 2. The van der Waals surface area contributed by atoms with Crippen molar-refractivity contribution in [3.8, 4) is 0 Å². The van der Waals surface area contributed by atoms with Gasteiger partial charge in [0.1, 0.15) is 0 Å². The maximum atomic E-state index is 12.5. The maximum Gasteiger partial charge on any atom is 0.262 e. The number of hydrogen-bond donors (Lipinski definition) is 2. The predicted molar refractivity (Wildman–Crippen MR) is 132 cm³/mol. The molecule has 31 heavy (non-hydrogen) atoms. The van der Waals surface area contributed by atoms with Gasteiger partial charge in [-0.15, -0.1) is 0 Å². The highest BCUT2D eigenvalue weighted by Gasteiger charge is 2.22. The van der Waals surface area contributed by atoms with Gasteiger partial charge in [0, 0.05) is 22.3 Å². The number of hydrogen-bond acceptors (Lipinski definition) is 4. The molecule has 0 bridgehead atoms. The summed E-state index contributed by atoms with van der Waals surface area (Å²) in [6.45, 7) is 0.681. The highest BCUT2D eigenvalue weighted by Crippen LogP contribution is 2.39. The number of benzene rings is 2. The molecule has 2 amide bonds. The quantitative estimate of drug-likeness (QED) is 0.402. The Morgan fingerprint density at radius 1 is 1.13 bits per heavy atom. The fourth-order valence-electron chi connectivity index (χ4n) is 3.86. The number of rotatable bonds is 7. The molecule has 0 saturated heterocycles. The number of carbonyl (C=O) groups is 2. The number of fused-ring (bicyclic) bond motifs is 1. The molecule has 2 aromatic carbocycles. The minimum atomic E-state index is -0.140. The van der Waals surface area contributed by atoms with Gasteiger partial charge in [0.2, 0.25) is 0 Å². The second-order valence-corrected chi connectivity index (χ2v) is 10.4. The molecular formula is C25H28N2O2S2. The van der Waals surface area contributed by atoms with Crippen LogP contribution in [-0.2, 0) is 4.79 Å². The topological polar surface area (TPSA) is 58.2 Å². The van der Waals surface area contributed by atoms with E-state index in [1.54, 1.807) is 6.07 Å². The minimum absolute atomic E-state index is 0.0876. The smallest absolute Gasteiger partial charge is 0.262 e. The SMILES string of the molecule is O=C1Nc2cc(C(=O)NCCCSC3CCCCC3)ccc2SC1=Cc1ccccc1. The summed E-state index contributed by atoms with van der Waals surface area (Å²) in [4.78, 5) is 26.6. The van der Waals surface area contributed by atoms with Crippen LogP contribution in [0, 0.1) is 0 Å². The van der Waals surface area contributed by atoms with Gasteiger partial charge in [0.05, 0.1) is 10.6 Å². The molecular weight excluding hydrogens is 424 g/mol. The van der Waals surface area contributed by atoms with E-state index in [0.717, 1.165) is 27.9 Å². The second-order valence-electron chi connectivity index (χ2n) is 7.93. The monoisotopic (exact) mass is 452 g/mol. The molecule has 1 aliphatic heterocycles. The molecule has 0 spiro atoms. The van der Waals surface area contributed by atoms with Crippen molar-refractivity contribution in [1.82, 2.24) is 5.32 Å². The van der Waals surface area contributed by atoms with E-state index in [2.05, 4.69) is 22.4 Å². The van der Waals surface area contributed by atoms with Crippen LogP contribution < -0.4 is 10.6 Å². The number of amides is 2. The van der Waals surface area contributed by atoms with Crippen molar-refractivity contribution in [2.75, 3.05) is 17.6 Å². The van der Waals surface area contributed by atoms with Crippen LogP contribution in [0.5, 0.6) is 0 Å². The molecule has 2 aromatic rings. The Morgan fingerprint density at radius 2 is 1.94 bits per heavy atom. The summed E-state index contributed by atoms with van der Waals surface area (Å²) in [6.07, 6.45) is 9.68. The molecule has 0 aromatic heterocycles. The summed E-state index contributed by atoms with van der Waals surface area (Å²) < 4.78 is 0. The predicted octanol–water partition coefficient (Wildman–Crippen LogP) is 5.96. The van der Waals surface area contributed by atoms with Gasteiger partial charge in [-0.3, -0.25) is 9.59 Å². The van der Waals surface area contributed by atoms with Crippen LogP contribution in [0.2, 0.25) is 0 Å². The van der Waals surface area contributed by atoms with Crippen molar-refractivity contribution >= 4 is 47.1 Å². The number of nitrogens with one attached hydrogen (secondary N) is 2. The third-order valence-electron chi connectivity index (χ3n) is 5.54. The zero-order valence-electron chi connectivity index (χ0n) is 17.6. The minimum Gasteiger partial charge on any atom is -0.352 e. The highest BCUT2D eigenvalue weighted by molar-refractivity contribution is 8.04. The van der Waals surface area contributed by atoms with E-state index >= 15 is 0 Å². The third kappa shape index (κ3) is 6.17. The normalized spacial score (nSPS) is 17.8. The van der Waals surface area contributed by atoms with Crippen LogP contribution in [0.3, 0.4) is 0 Å². The van der Waals surface area contributed by atoms with Gasteiger partial charge in [-0.1, -0.05) is 61.4 Å². The first kappa shape index (κ1) is 22.0. The Kier molecular flexibility index (Phi) is 7.76. The van der Waals surface area contributed by atoms with Crippen LogP contribution in [0.1, 0.15) is 54.4 Å². The van der Waals surface area contributed by atoms with Gasteiger partial charge in [-0.25, -0.2) is 0 Å². The molecule has 0 unspecified atom stereocenters. The van der Waals surface area contributed by atoms with Crippen LogP contribution in [-0.4, -0.2) is 29.4 Å². The molecule has 2 aliphatic rings. The zero-order valence-corrected chi connectivity index (χ0v) is 19.2. The Balaban J connectivity index is 1.29. The molecule has 1 saturated carbocycles. The molecule has 1 fully saturated rings. The first-order chi connectivity index (χ1) is 15.2. The second kappa shape index (κ2) is 10.9. The number of anilines is 1. The lowest BCUT2D eigenvalue weighted by Gasteiger charge is -2.21. The molecule has 0 radical (unpaired) electrons. The Morgan fingerprint density at radius 3 is 2.74 bits per heavy atom. The lowest BCUT2D eigenvalue weighted by atomic mass is 10.0. The van der Waals surface area contributed by atoms with Gasteiger partial charge < -0.3 is 10.6 Å². The molecule has 0 atom stereocenters. The highest BCUT2D eigenvalue weighted by atomic mass is 32.2. The molecule has 2 N–H and O–H groups in total. The summed E-state index contributed by atoms with van der Waals surface area (Å²) in [5.74, 6) is 0.868. The molecule has 6 heteroatoms. The van der Waals surface area contributed by atoms with Crippen LogP contribution in [0.4, 0.5) is 5.69 Å². The third-order valence-corrected chi connectivity index (χ3v) is 8.11. The van der Waals surface area contributed by atoms with Crippen LogP contribution in [0.15, 0.2) is 58.3 Å². The van der Waals surface area contributed by atoms with Crippen LogP contribution >= 0.6 is 23.5 Å².